The number of halogens is 1. The van der Waals surface area contributed by atoms with Crippen LogP contribution in [-0.4, -0.2) is 50.6 Å². The standard InChI is InChI=1S/C16H29N3O2.HI/c1-17-16(18-10-6-5-9-15(20)21-2)19-11-13-7-3-4-8-14(13)12-19;/h13-14H,3-12H2,1-2H3,(H,17,18);1H. The molecule has 1 N–H and O–H groups in total. The van der Waals surface area contributed by atoms with Gasteiger partial charge in [0.15, 0.2) is 5.96 Å². The van der Waals surface area contributed by atoms with E-state index in [9.17, 15) is 4.79 Å². The molecular weight excluding hydrogens is 393 g/mol. The molecule has 1 saturated carbocycles. The molecule has 0 aromatic heterocycles. The highest BCUT2D eigenvalue weighted by Gasteiger charge is 2.35. The second-order valence-corrected chi connectivity index (χ2v) is 6.22. The van der Waals surface area contributed by atoms with E-state index in [1.165, 1.54) is 32.8 Å². The van der Waals surface area contributed by atoms with Crippen LogP contribution in [0.25, 0.3) is 0 Å². The molecule has 2 aliphatic rings. The van der Waals surface area contributed by atoms with E-state index in [1.54, 1.807) is 0 Å². The van der Waals surface area contributed by atoms with Gasteiger partial charge < -0.3 is 15.0 Å². The van der Waals surface area contributed by atoms with Crippen molar-refractivity contribution < 1.29 is 9.53 Å². The average Bonchev–Trinajstić information content (AvgIpc) is 2.94. The van der Waals surface area contributed by atoms with Gasteiger partial charge in [-0.25, -0.2) is 0 Å². The number of aliphatic imine (C=N–C) groups is 1. The number of hydrogen-bond acceptors (Lipinski definition) is 3. The Hall–Kier alpha value is -0.530. The van der Waals surface area contributed by atoms with Gasteiger partial charge in [0.25, 0.3) is 0 Å². The third-order valence-corrected chi connectivity index (χ3v) is 4.81. The molecule has 22 heavy (non-hydrogen) atoms. The van der Waals surface area contributed by atoms with Crippen LogP contribution in [0.15, 0.2) is 4.99 Å². The van der Waals surface area contributed by atoms with Crippen molar-refractivity contribution in [3.8, 4) is 0 Å². The first kappa shape index (κ1) is 19.5. The maximum absolute atomic E-state index is 11.0. The summed E-state index contributed by atoms with van der Waals surface area (Å²) >= 11 is 0. The zero-order chi connectivity index (χ0) is 15.1. The summed E-state index contributed by atoms with van der Waals surface area (Å²) < 4.78 is 4.64. The Morgan fingerprint density at radius 1 is 1.23 bits per heavy atom. The van der Waals surface area contributed by atoms with Gasteiger partial charge in [0.05, 0.1) is 7.11 Å². The number of nitrogens with zero attached hydrogens (tertiary/aromatic N) is 2. The molecule has 0 amide bonds. The predicted molar refractivity (Wildman–Crippen MR) is 99.7 cm³/mol. The summed E-state index contributed by atoms with van der Waals surface area (Å²) in [5.74, 6) is 2.65. The second kappa shape index (κ2) is 10.3. The molecule has 2 rings (SSSR count). The minimum absolute atomic E-state index is 0. The van der Waals surface area contributed by atoms with E-state index < -0.39 is 0 Å². The molecule has 1 aliphatic heterocycles. The number of hydrogen-bond donors (Lipinski definition) is 1. The highest BCUT2D eigenvalue weighted by molar-refractivity contribution is 14.0. The number of guanidine groups is 1. The van der Waals surface area contributed by atoms with Crippen molar-refractivity contribution in [1.29, 1.82) is 0 Å². The normalized spacial score (nSPS) is 24.5. The van der Waals surface area contributed by atoms with Crippen molar-refractivity contribution in [2.45, 2.75) is 44.9 Å². The summed E-state index contributed by atoms with van der Waals surface area (Å²) in [6.45, 7) is 3.19. The Bertz CT molecular complexity index is 362. The molecule has 2 atom stereocenters. The maximum Gasteiger partial charge on any atom is 0.305 e. The number of rotatable bonds is 5. The number of carbonyl (C=O) groups excluding carboxylic acids is 1. The molecule has 0 spiro atoms. The van der Waals surface area contributed by atoms with E-state index >= 15 is 0 Å². The van der Waals surface area contributed by atoms with Gasteiger partial charge in [0.2, 0.25) is 0 Å². The lowest BCUT2D eigenvalue weighted by Gasteiger charge is -2.22. The topological polar surface area (TPSA) is 53.9 Å². The zero-order valence-electron chi connectivity index (χ0n) is 13.8. The first-order valence-corrected chi connectivity index (χ1v) is 8.27. The number of esters is 1. The van der Waals surface area contributed by atoms with E-state index in [0.717, 1.165) is 50.3 Å². The lowest BCUT2D eigenvalue weighted by molar-refractivity contribution is -0.140. The molecule has 1 aliphatic carbocycles. The van der Waals surface area contributed by atoms with E-state index in [-0.39, 0.29) is 29.9 Å². The summed E-state index contributed by atoms with van der Waals surface area (Å²) in [5, 5.41) is 3.44. The Balaban J connectivity index is 0.00000242. The quantitative estimate of drug-likeness (QED) is 0.243. The van der Waals surface area contributed by atoms with Crippen LogP contribution in [0.5, 0.6) is 0 Å². The van der Waals surface area contributed by atoms with E-state index in [2.05, 4.69) is 19.9 Å². The van der Waals surface area contributed by atoms with Gasteiger partial charge in [-0.2, -0.15) is 0 Å². The van der Waals surface area contributed by atoms with Crippen molar-refractivity contribution in [3.63, 3.8) is 0 Å². The SMILES string of the molecule is CN=C(NCCCCC(=O)OC)N1CC2CCCCC2C1.I. The fourth-order valence-electron chi connectivity index (χ4n) is 3.61. The van der Waals surface area contributed by atoms with Crippen LogP contribution in [0.1, 0.15) is 44.9 Å². The van der Waals surface area contributed by atoms with Gasteiger partial charge in [-0.05, 0) is 37.5 Å². The lowest BCUT2D eigenvalue weighted by atomic mass is 9.82. The van der Waals surface area contributed by atoms with Crippen molar-refractivity contribution in [2.24, 2.45) is 16.8 Å². The molecule has 1 saturated heterocycles. The van der Waals surface area contributed by atoms with Gasteiger partial charge >= 0.3 is 5.97 Å². The van der Waals surface area contributed by atoms with Crippen molar-refractivity contribution in [3.05, 3.63) is 0 Å². The zero-order valence-corrected chi connectivity index (χ0v) is 16.2. The fourth-order valence-corrected chi connectivity index (χ4v) is 3.61. The molecule has 0 bridgehead atoms. The molecule has 0 aromatic carbocycles. The number of nitrogens with one attached hydrogen (secondary N) is 1. The molecule has 128 valence electrons. The Labute approximate surface area is 151 Å². The van der Waals surface area contributed by atoms with Crippen LogP contribution in [0.3, 0.4) is 0 Å². The van der Waals surface area contributed by atoms with Crippen molar-refractivity contribution >= 4 is 35.9 Å². The van der Waals surface area contributed by atoms with Gasteiger partial charge in [-0.3, -0.25) is 9.79 Å². The van der Waals surface area contributed by atoms with Gasteiger partial charge in [0.1, 0.15) is 0 Å². The van der Waals surface area contributed by atoms with Gasteiger partial charge in [0, 0.05) is 33.1 Å². The van der Waals surface area contributed by atoms with Crippen LogP contribution in [0.2, 0.25) is 0 Å². The van der Waals surface area contributed by atoms with E-state index in [4.69, 9.17) is 0 Å². The first-order chi connectivity index (χ1) is 10.2. The first-order valence-electron chi connectivity index (χ1n) is 8.27. The minimum atomic E-state index is -0.122. The highest BCUT2D eigenvalue weighted by Crippen LogP contribution is 2.35. The van der Waals surface area contributed by atoms with E-state index in [1.807, 2.05) is 7.05 Å². The molecule has 2 unspecified atom stereocenters. The molecule has 1 heterocycles. The summed E-state index contributed by atoms with van der Waals surface area (Å²) in [6, 6.07) is 0. The number of ether oxygens (including phenoxy) is 1. The Kier molecular flexibility index (Phi) is 9.12. The van der Waals surface area contributed by atoms with Crippen LogP contribution in [0.4, 0.5) is 0 Å². The summed E-state index contributed by atoms with van der Waals surface area (Å²) in [7, 11) is 3.30. The summed E-state index contributed by atoms with van der Waals surface area (Å²) in [6.07, 6.45) is 7.90. The number of likely N-dealkylation sites (tertiary alicyclic amines) is 1. The monoisotopic (exact) mass is 423 g/mol. The number of carbonyl (C=O) groups is 1. The van der Waals surface area contributed by atoms with Crippen molar-refractivity contribution in [2.75, 3.05) is 33.8 Å². The van der Waals surface area contributed by atoms with Crippen LogP contribution in [0, 0.1) is 11.8 Å². The van der Waals surface area contributed by atoms with Crippen LogP contribution in [-0.2, 0) is 9.53 Å². The maximum atomic E-state index is 11.0. The average molecular weight is 423 g/mol. The van der Waals surface area contributed by atoms with Crippen molar-refractivity contribution in [1.82, 2.24) is 10.2 Å². The number of unbranched alkanes of at least 4 members (excludes halogenated alkanes) is 1. The Morgan fingerprint density at radius 3 is 2.41 bits per heavy atom. The fraction of sp³-hybridized carbons (Fsp3) is 0.875. The van der Waals surface area contributed by atoms with Crippen LogP contribution >= 0.6 is 24.0 Å². The number of methoxy groups -OCH3 is 1. The van der Waals surface area contributed by atoms with E-state index in [0.29, 0.717) is 6.42 Å². The highest BCUT2D eigenvalue weighted by atomic mass is 127. The smallest absolute Gasteiger partial charge is 0.305 e. The minimum Gasteiger partial charge on any atom is -0.469 e. The molecular formula is C16H30IN3O2. The Morgan fingerprint density at radius 2 is 1.86 bits per heavy atom. The molecule has 6 heteroatoms. The van der Waals surface area contributed by atoms with Gasteiger partial charge in [-0.15, -0.1) is 24.0 Å². The second-order valence-electron chi connectivity index (χ2n) is 6.22. The summed E-state index contributed by atoms with van der Waals surface area (Å²) in [4.78, 5) is 17.9. The molecule has 0 radical (unpaired) electrons. The molecule has 2 fully saturated rings. The third kappa shape index (κ3) is 5.59. The largest absolute Gasteiger partial charge is 0.469 e. The molecule has 5 nitrogen and oxygen atoms in total. The van der Waals surface area contributed by atoms with Crippen LogP contribution < -0.4 is 5.32 Å². The molecule has 0 aromatic rings. The third-order valence-electron chi connectivity index (χ3n) is 4.81. The van der Waals surface area contributed by atoms with Gasteiger partial charge in [-0.1, -0.05) is 12.8 Å². The summed E-state index contributed by atoms with van der Waals surface area (Å²) in [5.41, 5.74) is 0. The predicted octanol–water partition coefficient (Wildman–Crippen LogP) is 2.65. The lowest BCUT2D eigenvalue weighted by Crippen LogP contribution is -2.40. The number of fused-ring (bicyclic) bond motifs is 1.